The molecule has 5 nitrogen and oxygen atoms in total. The molecule has 170 valence electrons. The largest absolute Gasteiger partial charge is 0.376 e. The lowest BCUT2D eigenvalue weighted by Gasteiger charge is -2.19. The van der Waals surface area contributed by atoms with Crippen molar-refractivity contribution in [2.45, 2.75) is 44.5 Å². The third-order valence-corrected chi connectivity index (χ3v) is 6.88. The summed E-state index contributed by atoms with van der Waals surface area (Å²) in [6, 6.07) is 4.23. The maximum atomic E-state index is 14.6. The smallest absolute Gasteiger partial charge is 0.254 e. The fourth-order valence-corrected chi connectivity index (χ4v) is 4.00. The first kappa shape index (κ1) is 25.0. The normalized spacial score (nSPS) is 14.6. The maximum absolute atomic E-state index is 14.6. The summed E-state index contributed by atoms with van der Waals surface area (Å²) >= 11 is 6.00. The van der Waals surface area contributed by atoms with Gasteiger partial charge in [0.05, 0.1) is 22.5 Å². The fourth-order valence-electron chi connectivity index (χ4n) is 3.03. The molecule has 2 rings (SSSR count). The van der Waals surface area contributed by atoms with Crippen LogP contribution in [0, 0.1) is 17.5 Å². The average molecular weight is 477 g/mol. The fraction of sp³-hybridized carbons (Fsp3) is 0.381. The molecule has 0 saturated heterocycles. The van der Waals surface area contributed by atoms with Crippen LogP contribution in [0.4, 0.5) is 18.9 Å². The number of anilines is 1. The van der Waals surface area contributed by atoms with Gasteiger partial charge in [0.15, 0.2) is 0 Å². The number of hydrogen-bond donors (Lipinski definition) is 2. The van der Waals surface area contributed by atoms with E-state index in [4.69, 9.17) is 11.6 Å². The Labute approximate surface area is 184 Å². The van der Waals surface area contributed by atoms with E-state index in [1.54, 1.807) is 13.8 Å². The molecule has 0 fully saturated rings. The maximum Gasteiger partial charge on any atom is 0.254 e. The lowest BCUT2D eigenvalue weighted by molar-refractivity contribution is 0.0934. The summed E-state index contributed by atoms with van der Waals surface area (Å²) in [5, 5.41) is 4.67. The van der Waals surface area contributed by atoms with E-state index in [2.05, 4.69) is 10.6 Å². The van der Waals surface area contributed by atoms with Crippen molar-refractivity contribution >= 4 is 33.0 Å². The van der Waals surface area contributed by atoms with Crippen LogP contribution in [0.5, 0.6) is 0 Å². The SMILES string of the molecule is CC(Nc1cc(F)c(C(=O)N[C@H](C)CC(C)S(C)(=O)=O)cc1F)c1ccc(F)cc1Cl. The average Bonchev–Trinajstić information content (AvgIpc) is 2.63. The molecule has 0 radical (unpaired) electrons. The summed E-state index contributed by atoms with van der Waals surface area (Å²) in [5.41, 5.74) is -0.214. The minimum atomic E-state index is -3.28. The Balaban J connectivity index is 2.15. The first-order valence-corrected chi connectivity index (χ1v) is 11.8. The predicted octanol–water partition coefficient (Wildman–Crippen LogP) is 4.87. The van der Waals surface area contributed by atoms with E-state index < -0.39 is 56.1 Å². The standard InChI is InChI=1S/C21H24ClF3N2O3S/c1-11(7-12(2)31(4,29)30)26-21(28)16-9-19(25)20(10-18(16)24)27-13(3)15-6-5-14(23)8-17(15)22/h5-6,8-13,27H,7H2,1-4H3,(H,26,28)/t11-,12?,13?/m1/s1. The second-order valence-electron chi connectivity index (χ2n) is 7.59. The van der Waals surface area contributed by atoms with Gasteiger partial charge in [0.2, 0.25) is 0 Å². The number of carbonyl (C=O) groups is 1. The van der Waals surface area contributed by atoms with Gasteiger partial charge in [0.25, 0.3) is 5.91 Å². The molecule has 2 N–H and O–H groups in total. The number of benzene rings is 2. The molecule has 1 amide bonds. The van der Waals surface area contributed by atoms with Crippen LogP contribution < -0.4 is 10.6 Å². The molecule has 0 heterocycles. The van der Waals surface area contributed by atoms with Crippen LogP contribution in [-0.4, -0.2) is 31.9 Å². The Morgan fingerprint density at radius 1 is 1.06 bits per heavy atom. The van der Waals surface area contributed by atoms with Gasteiger partial charge < -0.3 is 10.6 Å². The van der Waals surface area contributed by atoms with E-state index in [-0.39, 0.29) is 17.1 Å². The lowest BCUT2D eigenvalue weighted by atomic mass is 10.1. The number of rotatable bonds is 8. The molecule has 10 heteroatoms. The summed E-state index contributed by atoms with van der Waals surface area (Å²) in [7, 11) is -3.28. The van der Waals surface area contributed by atoms with Crippen molar-refractivity contribution in [1.29, 1.82) is 0 Å². The number of amides is 1. The third kappa shape index (κ3) is 6.61. The van der Waals surface area contributed by atoms with Gasteiger partial charge in [0.1, 0.15) is 27.3 Å². The zero-order valence-electron chi connectivity index (χ0n) is 17.5. The number of hydrogen-bond acceptors (Lipinski definition) is 4. The minimum Gasteiger partial charge on any atom is -0.376 e. The second kappa shape index (κ2) is 9.91. The molecule has 0 aliphatic heterocycles. The molecule has 0 bridgehead atoms. The summed E-state index contributed by atoms with van der Waals surface area (Å²) < 4.78 is 65.4. The van der Waals surface area contributed by atoms with E-state index in [1.807, 2.05) is 0 Å². The lowest BCUT2D eigenvalue weighted by Crippen LogP contribution is -2.36. The van der Waals surface area contributed by atoms with Crippen molar-refractivity contribution in [3.8, 4) is 0 Å². The highest BCUT2D eigenvalue weighted by atomic mass is 35.5. The van der Waals surface area contributed by atoms with Gasteiger partial charge in [-0.15, -0.1) is 0 Å². The summed E-state index contributed by atoms with van der Waals surface area (Å²) in [6.45, 7) is 4.73. The van der Waals surface area contributed by atoms with Gasteiger partial charge in [-0.3, -0.25) is 4.79 Å². The Morgan fingerprint density at radius 2 is 1.71 bits per heavy atom. The van der Waals surface area contributed by atoms with E-state index in [1.165, 1.54) is 19.1 Å². The third-order valence-electron chi connectivity index (χ3n) is 4.90. The van der Waals surface area contributed by atoms with Gasteiger partial charge >= 0.3 is 0 Å². The van der Waals surface area contributed by atoms with Crippen molar-refractivity contribution in [1.82, 2.24) is 5.32 Å². The van der Waals surface area contributed by atoms with Crippen molar-refractivity contribution in [3.63, 3.8) is 0 Å². The van der Waals surface area contributed by atoms with Crippen molar-refractivity contribution < 1.29 is 26.4 Å². The van der Waals surface area contributed by atoms with Crippen molar-refractivity contribution in [2.75, 3.05) is 11.6 Å². The van der Waals surface area contributed by atoms with Gasteiger partial charge in [-0.25, -0.2) is 21.6 Å². The molecule has 3 atom stereocenters. The number of nitrogens with one attached hydrogen (secondary N) is 2. The van der Waals surface area contributed by atoms with Crippen LogP contribution in [0.2, 0.25) is 5.02 Å². The van der Waals surface area contributed by atoms with Crippen LogP contribution in [0.15, 0.2) is 30.3 Å². The highest BCUT2D eigenvalue weighted by Crippen LogP contribution is 2.29. The molecule has 0 aromatic heterocycles. The van der Waals surface area contributed by atoms with Crippen LogP contribution in [0.3, 0.4) is 0 Å². The van der Waals surface area contributed by atoms with Gasteiger partial charge in [0, 0.05) is 23.4 Å². The molecular weight excluding hydrogens is 453 g/mol. The highest BCUT2D eigenvalue weighted by Gasteiger charge is 2.22. The molecule has 31 heavy (non-hydrogen) atoms. The van der Waals surface area contributed by atoms with E-state index in [0.717, 1.165) is 24.5 Å². The Morgan fingerprint density at radius 3 is 2.29 bits per heavy atom. The Kier molecular flexibility index (Phi) is 7.99. The Bertz CT molecular complexity index is 1080. The summed E-state index contributed by atoms with van der Waals surface area (Å²) in [4.78, 5) is 12.4. The van der Waals surface area contributed by atoms with Gasteiger partial charge in [-0.1, -0.05) is 17.7 Å². The van der Waals surface area contributed by atoms with E-state index in [0.29, 0.717) is 5.56 Å². The van der Waals surface area contributed by atoms with Crippen LogP contribution in [0.1, 0.15) is 49.2 Å². The first-order valence-electron chi connectivity index (χ1n) is 9.49. The summed E-state index contributed by atoms with van der Waals surface area (Å²) in [5.74, 6) is -3.20. The minimum absolute atomic E-state index is 0.129. The van der Waals surface area contributed by atoms with Crippen molar-refractivity contribution in [3.05, 3.63) is 63.9 Å². The topological polar surface area (TPSA) is 75.3 Å². The van der Waals surface area contributed by atoms with E-state index >= 15 is 0 Å². The van der Waals surface area contributed by atoms with Crippen LogP contribution in [-0.2, 0) is 9.84 Å². The van der Waals surface area contributed by atoms with Gasteiger partial charge in [-0.2, -0.15) is 0 Å². The molecule has 0 spiro atoms. The predicted molar refractivity (Wildman–Crippen MR) is 116 cm³/mol. The first-order chi connectivity index (χ1) is 14.3. The molecule has 2 aromatic rings. The molecule has 0 aliphatic carbocycles. The Hall–Kier alpha value is -2.26. The van der Waals surface area contributed by atoms with Gasteiger partial charge in [-0.05, 0) is 51.0 Å². The van der Waals surface area contributed by atoms with Crippen LogP contribution in [0.25, 0.3) is 0 Å². The quantitative estimate of drug-likeness (QED) is 0.570. The summed E-state index contributed by atoms with van der Waals surface area (Å²) in [6.07, 6.45) is 1.22. The number of sulfone groups is 1. The zero-order valence-corrected chi connectivity index (χ0v) is 19.0. The number of carbonyl (C=O) groups excluding carboxylic acids is 1. The zero-order chi connectivity index (χ0) is 23.5. The molecular formula is C21H24ClF3N2O3S. The van der Waals surface area contributed by atoms with Crippen LogP contribution >= 0.6 is 11.6 Å². The van der Waals surface area contributed by atoms with E-state index in [9.17, 15) is 26.4 Å². The molecule has 0 aliphatic rings. The monoisotopic (exact) mass is 476 g/mol. The number of halogens is 4. The highest BCUT2D eigenvalue weighted by molar-refractivity contribution is 7.91. The molecule has 2 aromatic carbocycles. The van der Waals surface area contributed by atoms with Crippen molar-refractivity contribution in [2.24, 2.45) is 0 Å². The molecule has 0 saturated carbocycles. The second-order valence-corrected chi connectivity index (χ2v) is 10.5. The molecule has 2 unspecified atom stereocenters.